The van der Waals surface area contributed by atoms with Crippen molar-refractivity contribution in [3.63, 3.8) is 0 Å². The number of hydrogen-bond donors (Lipinski definition) is 1. The lowest BCUT2D eigenvalue weighted by Gasteiger charge is -2.32. The lowest BCUT2D eigenvalue weighted by molar-refractivity contribution is -0.156. The molecule has 1 N–H and O–H groups in total. The van der Waals surface area contributed by atoms with Crippen LogP contribution in [0, 0.1) is 11.8 Å². The molecule has 1 aliphatic heterocycles. The lowest BCUT2D eigenvalue weighted by atomic mass is 9.86. The minimum Gasteiger partial charge on any atom is -0.493 e. The normalized spacial score (nSPS) is 21.3. The number of ether oxygens (including phenoxy) is 5. The second-order valence-corrected chi connectivity index (χ2v) is 10.3. The van der Waals surface area contributed by atoms with Crippen LogP contribution in [0.15, 0.2) is 42.6 Å². The molecule has 0 saturated carbocycles. The van der Waals surface area contributed by atoms with E-state index in [9.17, 15) is 14.4 Å². The number of benzene rings is 1. The summed E-state index contributed by atoms with van der Waals surface area (Å²) < 4.78 is 27.9. The van der Waals surface area contributed by atoms with E-state index in [1.807, 2.05) is 37.3 Å². The third-order valence-electron chi connectivity index (χ3n) is 6.79. The molecule has 1 fully saturated rings. The van der Waals surface area contributed by atoms with Crippen LogP contribution in [0.25, 0.3) is 0 Å². The van der Waals surface area contributed by atoms with Crippen molar-refractivity contribution in [3.8, 4) is 17.2 Å². The highest BCUT2D eigenvalue weighted by atomic mass is 16.7. The monoisotopic (exact) mass is 556 g/mol. The number of carbonyl (C=O) groups is 3. The van der Waals surface area contributed by atoms with Gasteiger partial charge in [0.25, 0.3) is 5.91 Å². The zero-order valence-electron chi connectivity index (χ0n) is 23.9. The van der Waals surface area contributed by atoms with Crippen molar-refractivity contribution in [3.05, 3.63) is 48.3 Å². The predicted molar refractivity (Wildman–Crippen MR) is 147 cm³/mol. The van der Waals surface area contributed by atoms with Gasteiger partial charge >= 0.3 is 11.9 Å². The maximum Gasteiger partial charge on any atom is 0.329 e. The van der Waals surface area contributed by atoms with Crippen LogP contribution in [0.2, 0.25) is 0 Å². The van der Waals surface area contributed by atoms with Crippen molar-refractivity contribution in [1.82, 2.24) is 10.3 Å². The first-order valence-electron chi connectivity index (χ1n) is 13.7. The van der Waals surface area contributed by atoms with Crippen molar-refractivity contribution in [1.29, 1.82) is 0 Å². The second kappa shape index (κ2) is 15.1. The third-order valence-corrected chi connectivity index (χ3v) is 6.79. The Morgan fingerprint density at radius 3 is 2.58 bits per heavy atom. The first kappa shape index (κ1) is 30.7. The number of aromatic nitrogens is 1. The average molecular weight is 557 g/mol. The van der Waals surface area contributed by atoms with Gasteiger partial charge in [0, 0.05) is 19.2 Å². The molecule has 0 spiro atoms. The molecule has 1 aromatic heterocycles. The number of amides is 1. The van der Waals surface area contributed by atoms with E-state index in [0.29, 0.717) is 18.8 Å². The van der Waals surface area contributed by atoms with E-state index in [1.165, 1.54) is 26.3 Å². The number of esters is 2. The van der Waals surface area contributed by atoms with Gasteiger partial charge in [0.2, 0.25) is 6.79 Å². The average Bonchev–Trinajstić information content (AvgIpc) is 2.97. The third kappa shape index (κ3) is 8.86. The second-order valence-electron chi connectivity index (χ2n) is 10.3. The minimum absolute atomic E-state index is 0.00127. The smallest absolute Gasteiger partial charge is 0.329 e. The van der Waals surface area contributed by atoms with Crippen molar-refractivity contribution < 1.29 is 38.1 Å². The Morgan fingerprint density at radius 2 is 1.90 bits per heavy atom. The SMILES string of the molecule is COc1ccnc(C(=O)NC2CCCC(CCC(C)C)C(Oc3ccccc3)C(C)OC2=O)c1OCOC(C)=O. The molecule has 40 heavy (non-hydrogen) atoms. The van der Waals surface area contributed by atoms with Gasteiger partial charge in [-0.05, 0) is 50.2 Å². The molecule has 10 heteroatoms. The topological polar surface area (TPSA) is 122 Å². The van der Waals surface area contributed by atoms with E-state index in [-0.39, 0.29) is 29.2 Å². The number of nitrogens with one attached hydrogen (secondary N) is 1. The molecule has 218 valence electrons. The molecule has 0 radical (unpaired) electrons. The van der Waals surface area contributed by atoms with E-state index in [1.54, 1.807) is 0 Å². The molecular weight excluding hydrogens is 516 g/mol. The van der Waals surface area contributed by atoms with Crippen LogP contribution in [0.1, 0.15) is 70.3 Å². The van der Waals surface area contributed by atoms with Crippen molar-refractivity contribution in [2.75, 3.05) is 13.9 Å². The maximum absolute atomic E-state index is 13.3. The summed E-state index contributed by atoms with van der Waals surface area (Å²) in [5.41, 5.74) is -0.104. The fraction of sp³-hybridized carbons (Fsp3) is 0.533. The highest BCUT2D eigenvalue weighted by Crippen LogP contribution is 2.32. The number of methoxy groups -OCH3 is 1. The van der Waals surface area contributed by atoms with E-state index >= 15 is 0 Å². The molecule has 1 saturated heterocycles. The van der Waals surface area contributed by atoms with Gasteiger partial charge in [-0.2, -0.15) is 0 Å². The van der Waals surface area contributed by atoms with Crippen LogP contribution < -0.4 is 19.5 Å². The van der Waals surface area contributed by atoms with Gasteiger partial charge in [0.1, 0.15) is 24.0 Å². The van der Waals surface area contributed by atoms with Crippen LogP contribution in [0.5, 0.6) is 17.2 Å². The minimum atomic E-state index is -0.898. The standard InChI is InChI=1S/C30H40N2O8/c1-19(2)14-15-22-10-9-13-24(30(35)39-20(3)27(22)40-23-11-7-6-8-12-23)32-29(34)26-28(38-18-37-21(4)33)25(36-5)16-17-31-26/h6-8,11-12,16-17,19-20,22,24,27H,9-10,13-15,18H2,1-5H3,(H,32,34). The van der Waals surface area contributed by atoms with Gasteiger partial charge in [0.05, 0.1) is 7.11 Å². The van der Waals surface area contributed by atoms with Gasteiger partial charge in [-0.1, -0.05) is 44.9 Å². The van der Waals surface area contributed by atoms with Crippen LogP contribution in [-0.4, -0.2) is 55.0 Å². The van der Waals surface area contributed by atoms with E-state index in [2.05, 4.69) is 24.1 Å². The largest absolute Gasteiger partial charge is 0.493 e. The van der Waals surface area contributed by atoms with E-state index in [0.717, 1.165) is 25.0 Å². The van der Waals surface area contributed by atoms with Gasteiger partial charge in [0.15, 0.2) is 17.2 Å². The Labute approximate surface area is 235 Å². The lowest BCUT2D eigenvalue weighted by Crippen LogP contribution is -2.45. The zero-order chi connectivity index (χ0) is 29.1. The maximum atomic E-state index is 13.3. The molecule has 10 nitrogen and oxygen atoms in total. The first-order valence-corrected chi connectivity index (χ1v) is 13.7. The highest BCUT2D eigenvalue weighted by Gasteiger charge is 2.36. The fourth-order valence-electron chi connectivity index (χ4n) is 4.71. The van der Waals surface area contributed by atoms with Crippen molar-refractivity contribution in [2.24, 2.45) is 11.8 Å². The van der Waals surface area contributed by atoms with Crippen molar-refractivity contribution >= 4 is 17.8 Å². The summed E-state index contributed by atoms with van der Waals surface area (Å²) in [7, 11) is 1.41. The van der Waals surface area contributed by atoms with Gasteiger partial charge in [-0.3, -0.25) is 9.59 Å². The van der Waals surface area contributed by atoms with Crippen LogP contribution in [-0.2, 0) is 19.1 Å². The van der Waals surface area contributed by atoms with Crippen LogP contribution in [0.3, 0.4) is 0 Å². The van der Waals surface area contributed by atoms with Gasteiger partial charge < -0.3 is 29.0 Å². The first-order chi connectivity index (χ1) is 19.2. The summed E-state index contributed by atoms with van der Waals surface area (Å²) >= 11 is 0. The number of carbonyl (C=O) groups excluding carboxylic acids is 3. The molecule has 4 atom stereocenters. The summed E-state index contributed by atoms with van der Waals surface area (Å²) in [6, 6.07) is 10.1. The highest BCUT2D eigenvalue weighted by molar-refractivity contribution is 5.98. The quantitative estimate of drug-likeness (QED) is 0.310. The van der Waals surface area contributed by atoms with Gasteiger partial charge in [-0.15, -0.1) is 0 Å². The zero-order valence-corrected chi connectivity index (χ0v) is 23.9. The molecule has 1 amide bonds. The summed E-state index contributed by atoms with van der Waals surface area (Å²) in [6.45, 7) is 7.02. The summed E-state index contributed by atoms with van der Waals surface area (Å²) in [4.78, 5) is 41.9. The Kier molecular flexibility index (Phi) is 11.6. The molecule has 0 aliphatic carbocycles. The Bertz CT molecular complexity index is 1120. The predicted octanol–water partition coefficient (Wildman–Crippen LogP) is 4.70. The number of nitrogens with zero attached hydrogens (tertiary/aromatic N) is 1. The molecule has 0 bridgehead atoms. The van der Waals surface area contributed by atoms with Crippen molar-refractivity contribution in [2.45, 2.75) is 78.0 Å². The Balaban J connectivity index is 1.79. The molecule has 1 aromatic carbocycles. The molecule has 2 aromatic rings. The molecule has 1 aliphatic rings. The molecular formula is C30H40N2O8. The summed E-state index contributed by atoms with van der Waals surface area (Å²) in [6.07, 6.45) is 4.36. The van der Waals surface area contributed by atoms with E-state index < -0.39 is 36.8 Å². The summed E-state index contributed by atoms with van der Waals surface area (Å²) in [5.74, 6) is -0.0810. The number of rotatable bonds is 11. The number of cyclic esters (lactones) is 1. The number of pyridine rings is 1. The fourth-order valence-corrected chi connectivity index (χ4v) is 4.71. The number of hydrogen-bond acceptors (Lipinski definition) is 9. The van der Waals surface area contributed by atoms with Gasteiger partial charge in [-0.25, -0.2) is 9.78 Å². The molecule has 2 heterocycles. The number of para-hydroxylation sites is 1. The van der Waals surface area contributed by atoms with Crippen LogP contribution >= 0.6 is 0 Å². The van der Waals surface area contributed by atoms with E-state index in [4.69, 9.17) is 23.7 Å². The molecule has 3 rings (SSSR count). The molecule has 4 unspecified atom stereocenters. The van der Waals surface area contributed by atoms with Crippen LogP contribution in [0.4, 0.5) is 0 Å². The Hall–Kier alpha value is -3.82. The Morgan fingerprint density at radius 1 is 1.15 bits per heavy atom. The summed E-state index contributed by atoms with van der Waals surface area (Å²) in [5, 5.41) is 2.76.